The van der Waals surface area contributed by atoms with E-state index in [0.717, 1.165) is 34.4 Å². The van der Waals surface area contributed by atoms with Gasteiger partial charge in [0.25, 0.3) is 6.71 Å². The highest BCUT2D eigenvalue weighted by atomic mass is 16.3. The van der Waals surface area contributed by atoms with Gasteiger partial charge in [0.2, 0.25) is 0 Å². The van der Waals surface area contributed by atoms with Gasteiger partial charge in [0.1, 0.15) is 11.3 Å². The summed E-state index contributed by atoms with van der Waals surface area (Å²) in [7, 11) is 0. The van der Waals surface area contributed by atoms with Crippen LogP contribution in [0.4, 0.5) is 34.1 Å². The molecule has 4 heterocycles. The van der Waals surface area contributed by atoms with Crippen LogP contribution in [0.15, 0.2) is 156 Å². The molecule has 7 aromatic carbocycles. The third-order valence-corrected chi connectivity index (χ3v) is 10.4. The standard InChI is InChI=1S/C43H27BN2O/c1-4-14-36-29(9-1)24-32-11-7-13-35-43(32)46(36)39-17-8-16-38-42(39)44(35)34-12-3-5-15-37(34)45(38)33-22-21-27-23-31(20-19-28(27)25-33)41-26-30-10-2-6-18-40(30)47-41/h1-23,25-26H,24H2. The highest BCUT2D eigenvalue weighted by Gasteiger charge is 2.44. The third-order valence-electron chi connectivity index (χ3n) is 10.4. The molecule has 11 rings (SSSR count). The van der Waals surface area contributed by atoms with Gasteiger partial charge in [0, 0.05) is 51.5 Å². The van der Waals surface area contributed by atoms with Crippen LogP contribution in [-0.2, 0) is 6.42 Å². The fraction of sp³-hybridized carbons (Fsp3) is 0.0233. The van der Waals surface area contributed by atoms with Crippen molar-refractivity contribution in [3.8, 4) is 11.3 Å². The van der Waals surface area contributed by atoms with E-state index in [-0.39, 0.29) is 6.71 Å². The quantitative estimate of drug-likeness (QED) is 0.185. The fourth-order valence-corrected chi connectivity index (χ4v) is 8.41. The van der Waals surface area contributed by atoms with Crippen LogP contribution >= 0.6 is 0 Å². The molecule has 0 saturated heterocycles. The minimum absolute atomic E-state index is 0.164. The van der Waals surface area contributed by atoms with Crippen LogP contribution < -0.4 is 26.2 Å². The summed E-state index contributed by atoms with van der Waals surface area (Å²) in [6.07, 6.45) is 0.959. The maximum absolute atomic E-state index is 6.20. The lowest BCUT2D eigenvalue weighted by Crippen LogP contribution is -2.61. The van der Waals surface area contributed by atoms with Gasteiger partial charge in [0.15, 0.2) is 0 Å². The molecule has 0 saturated carbocycles. The molecule has 3 nitrogen and oxygen atoms in total. The normalized spacial score (nSPS) is 13.7. The Morgan fingerprint density at radius 2 is 1.19 bits per heavy atom. The summed E-state index contributed by atoms with van der Waals surface area (Å²) >= 11 is 0. The first kappa shape index (κ1) is 25.2. The third kappa shape index (κ3) is 3.47. The molecular formula is C43H27BN2O. The van der Waals surface area contributed by atoms with Crippen molar-refractivity contribution >= 4 is 79.0 Å². The predicted molar refractivity (Wildman–Crippen MR) is 196 cm³/mol. The number of fused-ring (bicyclic) bond motifs is 8. The number of hydrogen-bond acceptors (Lipinski definition) is 3. The Morgan fingerprint density at radius 1 is 0.489 bits per heavy atom. The molecule has 4 heteroatoms. The summed E-state index contributed by atoms with van der Waals surface area (Å²) in [5.41, 5.74) is 16.4. The molecule has 3 aliphatic heterocycles. The number of hydrogen-bond donors (Lipinski definition) is 0. The first-order valence-electron chi connectivity index (χ1n) is 16.3. The first-order chi connectivity index (χ1) is 23.3. The smallest absolute Gasteiger partial charge is 0.252 e. The summed E-state index contributed by atoms with van der Waals surface area (Å²) in [5.74, 6) is 0.895. The molecule has 0 aliphatic carbocycles. The molecule has 0 spiro atoms. The van der Waals surface area contributed by atoms with Crippen molar-refractivity contribution in [2.45, 2.75) is 6.42 Å². The number of furan rings is 1. The van der Waals surface area contributed by atoms with Crippen LogP contribution in [0.3, 0.4) is 0 Å². The van der Waals surface area contributed by atoms with Gasteiger partial charge in [0.05, 0.1) is 0 Å². The van der Waals surface area contributed by atoms with Crippen molar-refractivity contribution in [1.82, 2.24) is 0 Å². The lowest BCUT2D eigenvalue weighted by Gasteiger charge is -2.46. The molecule has 0 bridgehead atoms. The van der Waals surface area contributed by atoms with Crippen molar-refractivity contribution in [1.29, 1.82) is 0 Å². The molecule has 0 fully saturated rings. The van der Waals surface area contributed by atoms with E-state index in [1.165, 1.54) is 66.7 Å². The van der Waals surface area contributed by atoms with Gasteiger partial charge in [-0.1, -0.05) is 97.1 Å². The highest BCUT2D eigenvalue weighted by molar-refractivity contribution is 7.00. The van der Waals surface area contributed by atoms with Crippen molar-refractivity contribution in [2.75, 3.05) is 9.80 Å². The Bertz CT molecular complexity index is 2570. The zero-order valence-corrected chi connectivity index (χ0v) is 25.5. The van der Waals surface area contributed by atoms with E-state index in [9.17, 15) is 0 Å². The molecule has 8 aromatic rings. The van der Waals surface area contributed by atoms with Gasteiger partial charge in [-0.15, -0.1) is 0 Å². The van der Waals surface area contributed by atoms with E-state index in [0.29, 0.717) is 0 Å². The monoisotopic (exact) mass is 598 g/mol. The minimum Gasteiger partial charge on any atom is -0.456 e. The first-order valence-corrected chi connectivity index (χ1v) is 16.3. The number of nitrogens with zero attached hydrogens (tertiary/aromatic N) is 2. The van der Waals surface area contributed by atoms with Crippen molar-refractivity contribution < 1.29 is 4.42 Å². The van der Waals surface area contributed by atoms with E-state index >= 15 is 0 Å². The Balaban J connectivity index is 1.10. The molecule has 0 N–H and O–H groups in total. The Morgan fingerprint density at radius 3 is 2.13 bits per heavy atom. The van der Waals surface area contributed by atoms with Crippen molar-refractivity contribution in [3.63, 3.8) is 0 Å². The second-order valence-electron chi connectivity index (χ2n) is 12.9. The maximum Gasteiger partial charge on any atom is 0.252 e. The molecule has 218 valence electrons. The molecule has 0 unspecified atom stereocenters. The zero-order valence-electron chi connectivity index (χ0n) is 25.5. The molecule has 0 atom stereocenters. The minimum atomic E-state index is 0.164. The van der Waals surface area contributed by atoms with Crippen LogP contribution in [0.5, 0.6) is 0 Å². The summed E-state index contributed by atoms with van der Waals surface area (Å²) < 4.78 is 6.20. The van der Waals surface area contributed by atoms with Crippen LogP contribution in [0.2, 0.25) is 0 Å². The summed E-state index contributed by atoms with van der Waals surface area (Å²) in [4.78, 5) is 5.01. The van der Waals surface area contributed by atoms with Gasteiger partial charge < -0.3 is 14.2 Å². The maximum atomic E-state index is 6.20. The van der Waals surface area contributed by atoms with Gasteiger partial charge in [-0.25, -0.2) is 0 Å². The number of anilines is 6. The Hall–Kier alpha value is -6.00. The number of para-hydroxylation sites is 4. The van der Waals surface area contributed by atoms with Crippen LogP contribution in [-0.4, -0.2) is 6.71 Å². The van der Waals surface area contributed by atoms with E-state index in [4.69, 9.17) is 4.42 Å². The van der Waals surface area contributed by atoms with Crippen LogP contribution in [0.1, 0.15) is 11.1 Å². The average Bonchev–Trinajstić information content (AvgIpc) is 3.57. The number of benzene rings is 7. The van der Waals surface area contributed by atoms with Gasteiger partial charge >= 0.3 is 0 Å². The average molecular weight is 599 g/mol. The van der Waals surface area contributed by atoms with E-state index in [2.05, 4.69) is 149 Å². The fourth-order valence-electron chi connectivity index (χ4n) is 8.41. The largest absolute Gasteiger partial charge is 0.456 e. The Kier molecular flexibility index (Phi) is 4.98. The van der Waals surface area contributed by atoms with E-state index in [1.807, 2.05) is 12.1 Å². The topological polar surface area (TPSA) is 19.6 Å². The summed E-state index contributed by atoms with van der Waals surface area (Å²) in [6, 6.07) is 55.5. The van der Waals surface area contributed by atoms with Crippen molar-refractivity contribution in [2.24, 2.45) is 0 Å². The zero-order chi connectivity index (χ0) is 30.6. The summed E-state index contributed by atoms with van der Waals surface area (Å²) in [5, 5.41) is 3.51. The SMILES string of the molecule is c1ccc2c(c1)Cc1cccc3c1N2c1cccc2c1B3c1ccccc1N2c1ccc2cc(-c3cc4ccccc4o3)ccc2c1. The predicted octanol–water partition coefficient (Wildman–Crippen LogP) is 9.24. The van der Waals surface area contributed by atoms with Crippen LogP contribution in [0.25, 0.3) is 33.1 Å². The van der Waals surface area contributed by atoms with E-state index < -0.39 is 0 Å². The highest BCUT2D eigenvalue weighted by Crippen LogP contribution is 2.48. The molecule has 1 aromatic heterocycles. The second-order valence-corrected chi connectivity index (χ2v) is 12.9. The molecule has 3 aliphatic rings. The van der Waals surface area contributed by atoms with Crippen molar-refractivity contribution in [3.05, 3.63) is 163 Å². The molecular weight excluding hydrogens is 571 g/mol. The molecule has 0 amide bonds. The molecule has 47 heavy (non-hydrogen) atoms. The van der Waals surface area contributed by atoms with Gasteiger partial charge in [-0.3, -0.25) is 0 Å². The second kappa shape index (κ2) is 9.28. The van der Waals surface area contributed by atoms with Gasteiger partial charge in [-0.05, 0) is 92.9 Å². The van der Waals surface area contributed by atoms with Crippen LogP contribution in [0, 0.1) is 0 Å². The Labute approximate surface area is 273 Å². The summed E-state index contributed by atoms with van der Waals surface area (Å²) in [6.45, 7) is 0.164. The van der Waals surface area contributed by atoms with Gasteiger partial charge in [-0.2, -0.15) is 0 Å². The lowest BCUT2D eigenvalue weighted by molar-refractivity contribution is 0.631. The number of rotatable bonds is 2. The lowest BCUT2D eigenvalue weighted by atomic mass is 9.33. The van der Waals surface area contributed by atoms with E-state index in [1.54, 1.807) is 0 Å². The molecule has 0 radical (unpaired) electrons.